The van der Waals surface area contributed by atoms with Crippen molar-refractivity contribution in [3.05, 3.63) is 59.1 Å². The smallest absolute Gasteiger partial charge is 0.305 e. The zero-order valence-corrected chi connectivity index (χ0v) is 15.0. The number of nitrogens with one attached hydrogen (secondary N) is 1. The molecule has 0 saturated carbocycles. The van der Waals surface area contributed by atoms with Crippen molar-refractivity contribution >= 4 is 23.5 Å². The van der Waals surface area contributed by atoms with Crippen LogP contribution in [0.1, 0.15) is 24.9 Å². The number of carboxylic acid groups (broad SMARTS) is 1. The van der Waals surface area contributed by atoms with Gasteiger partial charge in [-0.15, -0.1) is 0 Å². The molecule has 6 nitrogen and oxygen atoms in total. The quantitative estimate of drug-likeness (QED) is 0.699. The lowest BCUT2D eigenvalue weighted by atomic mass is 10.0. The average Bonchev–Trinajstić information content (AvgIpc) is 2.61. The van der Waals surface area contributed by atoms with E-state index < -0.39 is 17.9 Å². The number of halogens is 1. The van der Waals surface area contributed by atoms with E-state index in [2.05, 4.69) is 5.32 Å². The zero-order valence-electron chi connectivity index (χ0n) is 14.3. The van der Waals surface area contributed by atoms with E-state index in [1.807, 2.05) is 6.92 Å². The second kappa shape index (κ2) is 9.68. The number of amides is 1. The standard InChI is InChI=1S/C19H20ClNO5/c1-2-25-15-7-9-16(10-8-15)26-12-18(22)21-17(11-19(23)24)13-3-5-14(20)6-4-13/h3-10,17H,2,11-12H2,1H3,(H,21,22)(H,23,24)/t17-/m0/s1. The number of aliphatic carboxylic acids is 1. The van der Waals surface area contributed by atoms with Gasteiger partial charge in [0.15, 0.2) is 6.61 Å². The van der Waals surface area contributed by atoms with Gasteiger partial charge in [-0.2, -0.15) is 0 Å². The second-order valence-corrected chi connectivity index (χ2v) is 5.90. The molecule has 0 fully saturated rings. The van der Waals surface area contributed by atoms with Crippen molar-refractivity contribution in [3.8, 4) is 11.5 Å². The van der Waals surface area contributed by atoms with E-state index in [1.165, 1.54) is 0 Å². The van der Waals surface area contributed by atoms with Gasteiger partial charge in [0.25, 0.3) is 5.91 Å². The molecule has 0 heterocycles. The fourth-order valence-electron chi connectivity index (χ4n) is 2.31. The minimum atomic E-state index is -1.02. The van der Waals surface area contributed by atoms with E-state index in [1.54, 1.807) is 48.5 Å². The second-order valence-electron chi connectivity index (χ2n) is 5.46. The van der Waals surface area contributed by atoms with Gasteiger partial charge >= 0.3 is 5.97 Å². The number of hydrogen-bond acceptors (Lipinski definition) is 4. The van der Waals surface area contributed by atoms with Crippen molar-refractivity contribution in [3.63, 3.8) is 0 Å². The summed E-state index contributed by atoms with van der Waals surface area (Å²) < 4.78 is 10.8. The highest BCUT2D eigenvalue weighted by molar-refractivity contribution is 6.30. The molecule has 7 heteroatoms. The molecule has 2 N–H and O–H groups in total. The van der Waals surface area contributed by atoms with E-state index >= 15 is 0 Å². The lowest BCUT2D eigenvalue weighted by Gasteiger charge is -2.18. The van der Waals surface area contributed by atoms with Gasteiger partial charge in [0, 0.05) is 5.02 Å². The van der Waals surface area contributed by atoms with E-state index in [-0.39, 0.29) is 13.0 Å². The lowest BCUT2D eigenvalue weighted by Crippen LogP contribution is -2.33. The van der Waals surface area contributed by atoms with Gasteiger partial charge in [0.05, 0.1) is 19.1 Å². The van der Waals surface area contributed by atoms with Crippen molar-refractivity contribution in [1.29, 1.82) is 0 Å². The van der Waals surface area contributed by atoms with Crippen molar-refractivity contribution in [2.45, 2.75) is 19.4 Å². The van der Waals surface area contributed by atoms with Crippen LogP contribution in [0.2, 0.25) is 5.02 Å². The van der Waals surface area contributed by atoms with Gasteiger partial charge in [0.2, 0.25) is 0 Å². The maximum absolute atomic E-state index is 12.1. The first-order chi connectivity index (χ1) is 12.5. The Bertz CT molecular complexity index is 731. The van der Waals surface area contributed by atoms with Crippen LogP contribution in [0, 0.1) is 0 Å². The fourth-order valence-corrected chi connectivity index (χ4v) is 2.43. The highest BCUT2D eigenvalue weighted by atomic mass is 35.5. The third kappa shape index (κ3) is 6.29. The summed E-state index contributed by atoms with van der Waals surface area (Å²) in [5, 5.41) is 12.3. The maximum atomic E-state index is 12.1. The Morgan fingerprint density at radius 2 is 1.62 bits per heavy atom. The van der Waals surface area contributed by atoms with Crippen LogP contribution in [0.4, 0.5) is 0 Å². The summed E-state index contributed by atoms with van der Waals surface area (Å²) in [7, 11) is 0. The molecule has 0 aliphatic rings. The number of hydrogen-bond donors (Lipinski definition) is 2. The Morgan fingerprint density at radius 3 is 2.15 bits per heavy atom. The minimum absolute atomic E-state index is 0.225. The number of rotatable bonds is 9. The predicted octanol–water partition coefficient (Wildman–Crippen LogP) is 3.45. The molecule has 0 aliphatic heterocycles. The summed E-state index contributed by atoms with van der Waals surface area (Å²) in [6.45, 7) is 2.24. The third-order valence-corrected chi connectivity index (χ3v) is 3.74. The zero-order chi connectivity index (χ0) is 18.9. The average molecular weight is 378 g/mol. The molecule has 1 atom stereocenters. The van der Waals surface area contributed by atoms with E-state index in [0.717, 1.165) is 0 Å². The van der Waals surface area contributed by atoms with Crippen molar-refractivity contribution in [2.75, 3.05) is 13.2 Å². The Balaban J connectivity index is 1.93. The number of ether oxygens (including phenoxy) is 2. The first kappa shape index (κ1) is 19.6. The fraction of sp³-hybridized carbons (Fsp3) is 0.263. The van der Waals surface area contributed by atoms with Gasteiger partial charge in [0.1, 0.15) is 11.5 Å². The van der Waals surface area contributed by atoms with Gasteiger partial charge in [-0.05, 0) is 48.9 Å². The lowest BCUT2D eigenvalue weighted by molar-refractivity contribution is -0.137. The molecular formula is C19H20ClNO5. The number of carbonyl (C=O) groups excluding carboxylic acids is 1. The Labute approximate surface area is 156 Å². The van der Waals surface area contributed by atoms with Crippen molar-refractivity contribution in [2.24, 2.45) is 0 Å². The molecule has 0 aromatic heterocycles. The van der Waals surface area contributed by atoms with Crippen LogP contribution in [-0.4, -0.2) is 30.2 Å². The van der Waals surface area contributed by atoms with Crippen LogP contribution >= 0.6 is 11.6 Å². The molecule has 26 heavy (non-hydrogen) atoms. The summed E-state index contributed by atoms with van der Waals surface area (Å²) in [5.41, 5.74) is 0.659. The minimum Gasteiger partial charge on any atom is -0.494 e. The molecule has 2 aromatic rings. The Morgan fingerprint density at radius 1 is 1.04 bits per heavy atom. The Kier molecular flexibility index (Phi) is 7.29. The number of carbonyl (C=O) groups is 2. The third-order valence-electron chi connectivity index (χ3n) is 3.49. The van der Waals surface area contributed by atoms with Crippen LogP contribution in [0.25, 0.3) is 0 Å². The van der Waals surface area contributed by atoms with E-state index in [0.29, 0.717) is 28.7 Å². The number of carboxylic acids is 1. The molecule has 2 aromatic carbocycles. The molecule has 1 amide bonds. The number of benzene rings is 2. The van der Waals surface area contributed by atoms with Crippen LogP contribution in [0.5, 0.6) is 11.5 Å². The topological polar surface area (TPSA) is 84.9 Å². The molecule has 0 aliphatic carbocycles. The van der Waals surface area contributed by atoms with Crippen molar-refractivity contribution in [1.82, 2.24) is 5.32 Å². The summed E-state index contributed by atoms with van der Waals surface area (Å²) in [6, 6.07) is 12.9. The molecule has 138 valence electrons. The Hall–Kier alpha value is -2.73. The van der Waals surface area contributed by atoms with Gasteiger partial charge in [-0.1, -0.05) is 23.7 Å². The maximum Gasteiger partial charge on any atom is 0.305 e. The van der Waals surface area contributed by atoms with Crippen molar-refractivity contribution < 1.29 is 24.2 Å². The van der Waals surface area contributed by atoms with Crippen LogP contribution in [-0.2, 0) is 9.59 Å². The van der Waals surface area contributed by atoms with E-state index in [9.17, 15) is 9.59 Å². The summed E-state index contributed by atoms with van der Waals surface area (Å²) in [5.74, 6) is -0.198. The molecule has 0 unspecified atom stereocenters. The highest BCUT2D eigenvalue weighted by Gasteiger charge is 2.18. The monoisotopic (exact) mass is 377 g/mol. The predicted molar refractivity (Wildman–Crippen MR) is 97.7 cm³/mol. The van der Waals surface area contributed by atoms with Gasteiger partial charge in [-0.3, -0.25) is 9.59 Å². The van der Waals surface area contributed by atoms with Gasteiger partial charge < -0.3 is 19.9 Å². The van der Waals surface area contributed by atoms with Crippen LogP contribution < -0.4 is 14.8 Å². The summed E-state index contributed by atoms with van der Waals surface area (Å²) >= 11 is 5.84. The van der Waals surface area contributed by atoms with Gasteiger partial charge in [-0.25, -0.2) is 0 Å². The van der Waals surface area contributed by atoms with Crippen LogP contribution in [0.3, 0.4) is 0 Å². The first-order valence-corrected chi connectivity index (χ1v) is 8.48. The molecule has 2 rings (SSSR count). The largest absolute Gasteiger partial charge is 0.494 e. The molecular weight excluding hydrogens is 358 g/mol. The SMILES string of the molecule is CCOc1ccc(OCC(=O)N[C@@H](CC(=O)O)c2ccc(Cl)cc2)cc1. The molecule has 0 bridgehead atoms. The molecule has 0 saturated heterocycles. The highest BCUT2D eigenvalue weighted by Crippen LogP contribution is 2.20. The molecule has 0 radical (unpaired) electrons. The summed E-state index contributed by atoms with van der Waals surface area (Å²) in [4.78, 5) is 23.2. The first-order valence-electron chi connectivity index (χ1n) is 8.10. The normalized spacial score (nSPS) is 11.5. The van der Waals surface area contributed by atoms with E-state index in [4.69, 9.17) is 26.2 Å². The van der Waals surface area contributed by atoms with Crippen LogP contribution in [0.15, 0.2) is 48.5 Å². The summed E-state index contributed by atoms with van der Waals surface area (Å²) in [6.07, 6.45) is -0.240. The molecule has 0 spiro atoms.